The molecule has 0 radical (unpaired) electrons. The van der Waals surface area contributed by atoms with Gasteiger partial charge in [-0.05, 0) is 23.6 Å². The van der Waals surface area contributed by atoms with Crippen LogP contribution < -0.4 is 10.1 Å². The summed E-state index contributed by atoms with van der Waals surface area (Å²) in [5.74, 6) is 0.846. The molecular weight excluding hydrogens is 338 g/mol. The van der Waals surface area contributed by atoms with Crippen molar-refractivity contribution in [2.75, 3.05) is 45.2 Å². The number of ketones is 1. The highest BCUT2D eigenvalue weighted by Crippen LogP contribution is 2.17. The smallest absolute Gasteiger partial charge is 0.321 e. The van der Waals surface area contributed by atoms with Gasteiger partial charge in [-0.3, -0.25) is 9.69 Å². The zero-order valence-electron chi connectivity index (χ0n) is 14.1. The summed E-state index contributed by atoms with van der Waals surface area (Å²) in [4.78, 5) is 29.2. The van der Waals surface area contributed by atoms with Crippen LogP contribution in [0.3, 0.4) is 0 Å². The Bertz CT molecular complexity index is 725. The van der Waals surface area contributed by atoms with E-state index in [2.05, 4.69) is 10.2 Å². The van der Waals surface area contributed by atoms with Crippen LogP contribution in [0.25, 0.3) is 0 Å². The molecule has 2 amide bonds. The summed E-state index contributed by atoms with van der Waals surface area (Å²) >= 11 is 1.47. The predicted molar refractivity (Wildman–Crippen MR) is 98.7 cm³/mol. The third kappa shape index (κ3) is 4.58. The van der Waals surface area contributed by atoms with Gasteiger partial charge in [0.15, 0.2) is 5.78 Å². The number of ether oxygens (including phenoxy) is 1. The highest BCUT2D eigenvalue weighted by atomic mass is 32.1. The van der Waals surface area contributed by atoms with Gasteiger partial charge in [0.05, 0.1) is 18.5 Å². The van der Waals surface area contributed by atoms with Crippen molar-refractivity contribution in [3.63, 3.8) is 0 Å². The van der Waals surface area contributed by atoms with Gasteiger partial charge in [-0.2, -0.15) is 0 Å². The highest BCUT2D eigenvalue weighted by molar-refractivity contribution is 7.12. The minimum Gasteiger partial charge on any atom is -0.497 e. The number of amides is 2. The largest absolute Gasteiger partial charge is 0.497 e. The number of hydrogen-bond donors (Lipinski definition) is 1. The maximum absolute atomic E-state index is 12.4. The first-order valence-corrected chi connectivity index (χ1v) is 9.03. The van der Waals surface area contributed by atoms with Crippen LogP contribution in [0.15, 0.2) is 41.8 Å². The molecule has 3 rings (SSSR count). The maximum Gasteiger partial charge on any atom is 0.321 e. The predicted octanol–water partition coefficient (Wildman–Crippen LogP) is 2.79. The van der Waals surface area contributed by atoms with Crippen LogP contribution in [-0.2, 0) is 0 Å². The van der Waals surface area contributed by atoms with Crippen LogP contribution in [0.4, 0.5) is 10.5 Å². The molecule has 0 unspecified atom stereocenters. The topological polar surface area (TPSA) is 61.9 Å². The third-order valence-electron chi connectivity index (χ3n) is 4.14. The maximum atomic E-state index is 12.4. The van der Waals surface area contributed by atoms with Crippen LogP contribution in [0.5, 0.6) is 5.75 Å². The van der Waals surface area contributed by atoms with E-state index in [0.717, 1.165) is 4.88 Å². The molecule has 7 heteroatoms. The third-order valence-corrected chi connectivity index (χ3v) is 5.05. The number of methoxy groups -OCH3 is 1. The number of thiophene rings is 1. The summed E-state index contributed by atoms with van der Waals surface area (Å²) in [6, 6.07) is 10.9. The molecule has 0 saturated carbocycles. The molecular formula is C18H21N3O3S. The minimum absolute atomic E-state index is 0.127. The average Bonchev–Trinajstić information content (AvgIpc) is 3.17. The van der Waals surface area contributed by atoms with Crippen LogP contribution in [0.1, 0.15) is 9.67 Å². The SMILES string of the molecule is COc1cccc(NC(=O)N2CCN(CC(=O)c3cccs3)CC2)c1. The van der Waals surface area contributed by atoms with E-state index in [1.165, 1.54) is 11.3 Å². The summed E-state index contributed by atoms with van der Waals surface area (Å²) in [5, 5.41) is 4.80. The quantitative estimate of drug-likeness (QED) is 0.834. The number of piperazine rings is 1. The lowest BCUT2D eigenvalue weighted by Crippen LogP contribution is -2.51. The lowest BCUT2D eigenvalue weighted by atomic mass is 10.2. The molecule has 0 atom stereocenters. The Balaban J connectivity index is 1.48. The van der Waals surface area contributed by atoms with E-state index in [1.807, 2.05) is 35.7 Å². The molecule has 2 aromatic rings. The molecule has 1 aliphatic rings. The van der Waals surface area contributed by atoms with Gasteiger partial charge in [-0.25, -0.2) is 4.79 Å². The average molecular weight is 359 g/mol. The molecule has 2 heterocycles. The summed E-state index contributed by atoms with van der Waals surface area (Å²) in [5.41, 5.74) is 0.708. The van der Waals surface area contributed by atoms with Crippen LogP contribution in [0, 0.1) is 0 Å². The normalized spacial score (nSPS) is 15.0. The van der Waals surface area contributed by atoms with E-state index in [9.17, 15) is 9.59 Å². The van der Waals surface area contributed by atoms with Crippen LogP contribution >= 0.6 is 11.3 Å². The molecule has 1 aromatic carbocycles. The summed E-state index contributed by atoms with van der Waals surface area (Å²) < 4.78 is 5.16. The van der Waals surface area contributed by atoms with E-state index in [1.54, 1.807) is 18.1 Å². The number of rotatable bonds is 5. The van der Waals surface area contributed by atoms with Crippen molar-refractivity contribution in [2.45, 2.75) is 0 Å². The molecule has 0 spiro atoms. The zero-order valence-corrected chi connectivity index (χ0v) is 14.9. The number of anilines is 1. The molecule has 132 valence electrons. The molecule has 1 saturated heterocycles. The zero-order chi connectivity index (χ0) is 17.6. The summed E-state index contributed by atoms with van der Waals surface area (Å²) in [6.45, 7) is 3.01. The van der Waals surface area contributed by atoms with Gasteiger partial charge in [0.25, 0.3) is 0 Å². The fourth-order valence-corrected chi connectivity index (χ4v) is 3.39. The van der Waals surface area contributed by atoms with E-state index in [-0.39, 0.29) is 11.8 Å². The van der Waals surface area contributed by atoms with Gasteiger partial charge < -0.3 is 15.0 Å². The molecule has 25 heavy (non-hydrogen) atoms. The Hall–Kier alpha value is -2.38. The van der Waals surface area contributed by atoms with Crippen molar-refractivity contribution in [1.82, 2.24) is 9.80 Å². The first-order valence-electron chi connectivity index (χ1n) is 8.15. The molecule has 0 aliphatic carbocycles. The minimum atomic E-state index is -0.127. The van der Waals surface area contributed by atoms with E-state index < -0.39 is 0 Å². The molecule has 1 N–H and O–H groups in total. The Morgan fingerprint density at radius 1 is 1.16 bits per heavy atom. The van der Waals surface area contributed by atoms with Crippen molar-refractivity contribution in [3.05, 3.63) is 46.7 Å². The van der Waals surface area contributed by atoms with Gasteiger partial charge in [0, 0.05) is 37.9 Å². The first-order chi connectivity index (χ1) is 12.2. The molecule has 1 aliphatic heterocycles. The fourth-order valence-electron chi connectivity index (χ4n) is 2.73. The second-order valence-corrected chi connectivity index (χ2v) is 6.77. The molecule has 6 nitrogen and oxygen atoms in total. The number of urea groups is 1. The Morgan fingerprint density at radius 2 is 1.96 bits per heavy atom. The van der Waals surface area contributed by atoms with Gasteiger partial charge >= 0.3 is 6.03 Å². The van der Waals surface area contributed by atoms with Crippen molar-refractivity contribution in [1.29, 1.82) is 0 Å². The van der Waals surface area contributed by atoms with Gasteiger partial charge in [0.1, 0.15) is 5.75 Å². The number of carbonyl (C=O) groups is 2. The van der Waals surface area contributed by atoms with Crippen LogP contribution in [0.2, 0.25) is 0 Å². The van der Waals surface area contributed by atoms with Gasteiger partial charge in [-0.1, -0.05) is 12.1 Å². The van der Waals surface area contributed by atoms with E-state index in [4.69, 9.17) is 4.74 Å². The highest BCUT2D eigenvalue weighted by Gasteiger charge is 2.23. The summed E-state index contributed by atoms with van der Waals surface area (Å²) in [7, 11) is 1.59. The van der Waals surface area contributed by atoms with Crippen LogP contribution in [-0.4, -0.2) is 61.4 Å². The Kier molecular flexibility index (Phi) is 5.67. The van der Waals surface area contributed by atoms with Gasteiger partial charge in [0.2, 0.25) is 0 Å². The van der Waals surface area contributed by atoms with Crippen molar-refractivity contribution >= 4 is 28.8 Å². The van der Waals surface area contributed by atoms with Gasteiger partial charge in [-0.15, -0.1) is 11.3 Å². The number of carbonyl (C=O) groups excluding carboxylic acids is 2. The van der Waals surface area contributed by atoms with E-state index >= 15 is 0 Å². The number of hydrogen-bond acceptors (Lipinski definition) is 5. The Labute approximate surface area is 151 Å². The van der Waals surface area contributed by atoms with Crippen molar-refractivity contribution in [2.24, 2.45) is 0 Å². The van der Waals surface area contributed by atoms with Crippen molar-refractivity contribution < 1.29 is 14.3 Å². The second-order valence-electron chi connectivity index (χ2n) is 5.83. The number of nitrogens with one attached hydrogen (secondary N) is 1. The van der Waals surface area contributed by atoms with E-state index in [0.29, 0.717) is 44.2 Å². The standard InChI is InChI=1S/C18H21N3O3S/c1-24-15-5-2-4-14(12-15)19-18(23)21-9-7-20(8-10-21)13-16(22)17-6-3-11-25-17/h2-6,11-12H,7-10,13H2,1H3,(H,19,23). The first kappa shape index (κ1) is 17.4. The Morgan fingerprint density at radius 3 is 2.64 bits per heavy atom. The number of Topliss-reactive ketones (excluding diaryl/α,β-unsaturated/α-hetero) is 1. The number of nitrogens with zero attached hydrogens (tertiary/aromatic N) is 2. The fraction of sp³-hybridized carbons (Fsp3) is 0.333. The monoisotopic (exact) mass is 359 g/mol. The second kappa shape index (κ2) is 8.13. The lowest BCUT2D eigenvalue weighted by Gasteiger charge is -2.34. The lowest BCUT2D eigenvalue weighted by molar-refractivity contribution is 0.0887. The van der Waals surface area contributed by atoms with Crippen molar-refractivity contribution in [3.8, 4) is 5.75 Å². The molecule has 1 fully saturated rings. The number of benzene rings is 1. The summed E-state index contributed by atoms with van der Waals surface area (Å²) in [6.07, 6.45) is 0. The molecule has 0 bridgehead atoms. The molecule has 1 aromatic heterocycles.